The average Bonchev–Trinajstić information content (AvgIpc) is 2.02. The van der Waals surface area contributed by atoms with Crippen molar-refractivity contribution in [1.29, 1.82) is 0 Å². The molecule has 0 saturated heterocycles. The Morgan fingerprint density at radius 2 is 1.77 bits per heavy atom. The van der Waals surface area contributed by atoms with E-state index in [0.29, 0.717) is 18.0 Å². The molecule has 0 aromatic rings. The summed E-state index contributed by atoms with van der Waals surface area (Å²) in [5, 5.41) is 0. The smallest absolute Gasteiger partial charge is 0.210 e. The molecule has 0 aliphatic heterocycles. The molecule has 2 nitrogen and oxygen atoms in total. The molecule has 13 heavy (non-hydrogen) atoms. The molecule has 0 aliphatic rings. The fourth-order valence-electron chi connectivity index (χ4n) is 1.67. The van der Waals surface area contributed by atoms with E-state index >= 15 is 0 Å². The monoisotopic (exact) mass is 185 g/mol. The first kappa shape index (κ1) is 12.5. The zero-order chi connectivity index (χ0) is 10.4. The molecule has 0 aromatic carbocycles. The van der Waals surface area contributed by atoms with Crippen LogP contribution in [0.5, 0.6) is 0 Å². The van der Waals surface area contributed by atoms with Crippen molar-refractivity contribution in [3.05, 3.63) is 0 Å². The Morgan fingerprint density at radius 3 is 2.00 bits per heavy atom. The van der Waals surface area contributed by atoms with Gasteiger partial charge in [-0.15, -0.1) is 0 Å². The maximum atomic E-state index is 10.9. The molecule has 1 amide bonds. The Hall–Kier alpha value is -0.530. The molecule has 0 radical (unpaired) electrons. The molecule has 1 atom stereocenters. The third-order valence-electron chi connectivity index (χ3n) is 2.35. The fourth-order valence-corrected chi connectivity index (χ4v) is 1.67. The number of carbonyl (C=O) groups is 1. The van der Waals surface area contributed by atoms with Crippen molar-refractivity contribution in [3.63, 3.8) is 0 Å². The molecule has 0 spiro atoms. The third kappa shape index (κ3) is 4.30. The Labute approximate surface area is 82.3 Å². The molecule has 0 aromatic heterocycles. The van der Waals surface area contributed by atoms with Crippen LogP contribution in [0.2, 0.25) is 0 Å². The molecular weight excluding hydrogens is 162 g/mol. The molecular formula is C11H23NO. The lowest BCUT2D eigenvalue weighted by Gasteiger charge is -2.32. The molecule has 1 unspecified atom stereocenters. The first-order valence-electron chi connectivity index (χ1n) is 5.25. The van der Waals surface area contributed by atoms with Crippen LogP contribution in [0.15, 0.2) is 0 Å². The maximum absolute atomic E-state index is 10.9. The summed E-state index contributed by atoms with van der Waals surface area (Å²) in [6.45, 7) is 10.7. The van der Waals surface area contributed by atoms with Gasteiger partial charge in [-0.1, -0.05) is 20.8 Å². The van der Waals surface area contributed by atoms with Crippen molar-refractivity contribution in [3.8, 4) is 0 Å². The minimum absolute atomic E-state index is 0.321. The van der Waals surface area contributed by atoms with Crippen LogP contribution in [0.1, 0.15) is 47.5 Å². The van der Waals surface area contributed by atoms with E-state index < -0.39 is 0 Å². The second-order valence-electron chi connectivity index (χ2n) is 4.34. The van der Waals surface area contributed by atoms with Gasteiger partial charge in [0.05, 0.1) is 0 Å². The summed E-state index contributed by atoms with van der Waals surface area (Å²) < 4.78 is 0. The standard InChI is InChI=1S/C11H23NO/c1-6-11(7-9(2)3)12(8-13)10(4)5/h8-11H,6-7H2,1-5H3. The van der Waals surface area contributed by atoms with E-state index in [2.05, 4.69) is 34.6 Å². The zero-order valence-corrected chi connectivity index (χ0v) is 9.58. The van der Waals surface area contributed by atoms with Gasteiger partial charge in [0.25, 0.3) is 0 Å². The van der Waals surface area contributed by atoms with Crippen molar-refractivity contribution in [2.75, 3.05) is 0 Å². The highest BCUT2D eigenvalue weighted by Gasteiger charge is 2.18. The highest BCUT2D eigenvalue weighted by molar-refractivity contribution is 5.48. The van der Waals surface area contributed by atoms with Gasteiger partial charge in [0.2, 0.25) is 6.41 Å². The summed E-state index contributed by atoms with van der Waals surface area (Å²) in [6, 6.07) is 0.735. The zero-order valence-electron chi connectivity index (χ0n) is 9.58. The highest BCUT2D eigenvalue weighted by atomic mass is 16.1. The van der Waals surface area contributed by atoms with Crippen LogP contribution in [0.4, 0.5) is 0 Å². The molecule has 0 rings (SSSR count). The lowest BCUT2D eigenvalue weighted by molar-refractivity contribution is -0.122. The number of amides is 1. The van der Waals surface area contributed by atoms with Gasteiger partial charge in [0, 0.05) is 12.1 Å². The number of carbonyl (C=O) groups excluding carboxylic acids is 1. The van der Waals surface area contributed by atoms with E-state index in [9.17, 15) is 4.79 Å². The second kappa shape index (κ2) is 6.01. The van der Waals surface area contributed by atoms with Gasteiger partial charge in [-0.3, -0.25) is 4.79 Å². The largest absolute Gasteiger partial charge is 0.340 e. The fraction of sp³-hybridized carbons (Fsp3) is 0.909. The first-order chi connectivity index (χ1) is 6.02. The SMILES string of the molecule is CCC(CC(C)C)N(C=O)C(C)C. The number of hydrogen-bond donors (Lipinski definition) is 0. The summed E-state index contributed by atoms with van der Waals surface area (Å²) in [4.78, 5) is 12.8. The van der Waals surface area contributed by atoms with Gasteiger partial charge in [0.15, 0.2) is 0 Å². The van der Waals surface area contributed by atoms with E-state index in [1.165, 1.54) is 0 Å². The molecule has 0 saturated carbocycles. The molecule has 78 valence electrons. The molecule has 0 N–H and O–H groups in total. The van der Waals surface area contributed by atoms with Crippen molar-refractivity contribution in [2.24, 2.45) is 5.92 Å². The minimum atomic E-state index is 0.321. The van der Waals surface area contributed by atoms with E-state index in [1.807, 2.05) is 4.90 Å². The van der Waals surface area contributed by atoms with Crippen molar-refractivity contribution in [1.82, 2.24) is 4.90 Å². The van der Waals surface area contributed by atoms with Crippen LogP contribution in [-0.4, -0.2) is 23.4 Å². The van der Waals surface area contributed by atoms with E-state index in [1.54, 1.807) is 0 Å². The summed E-state index contributed by atoms with van der Waals surface area (Å²) in [6.07, 6.45) is 3.14. The van der Waals surface area contributed by atoms with E-state index in [0.717, 1.165) is 19.3 Å². The van der Waals surface area contributed by atoms with Crippen LogP contribution in [0, 0.1) is 5.92 Å². The van der Waals surface area contributed by atoms with Crippen LogP contribution in [0.25, 0.3) is 0 Å². The van der Waals surface area contributed by atoms with Crippen LogP contribution in [-0.2, 0) is 4.79 Å². The predicted molar refractivity (Wildman–Crippen MR) is 56.6 cm³/mol. The Kier molecular flexibility index (Phi) is 5.76. The number of nitrogens with zero attached hydrogens (tertiary/aromatic N) is 1. The number of hydrogen-bond acceptors (Lipinski definition) is 1. The summed E-state index contributed by atoms with van der Waals surface area (Å²) in [5.74, 6) is 0.658. The van der Waals surface area contributed by atoms with Crippen LogP contribution < -0.4 is 0 Å². The third-order valence-corrected chi connectivity index (χ3v) is 2.35. The Morgan fingerprint density at radius 1 is 1.23 bits per heavy atom. The topological polar surface area (TPSA) is 20.3 Å². The van der Waals surface area contributed by atoms with Gasteiger partial charge < -0.3 is 4.90 Å². The van der Waals surface area contributed by atoms with Gasteiger partial charge in [-0.25, -0.2) is 0 Å². The predicted octanol–water partition coefficient (Wildman–Crippen LogP) is 2.68. The first-order valence-corrected chi connectivity index (χ1v) is 5.25. The molecule has 2 heteroatoms. The summed E-state index contributed by atoms with van der Waals surface area (Å²) in [7, 11) is 0. The minimum Gasteiger partial charge on any atom is -0.340 e. The second-order valence-corrected chi connectivity index (χ2v) is 4.34. The molecule has 0 fully saturated rings. The van der Waals surface area contributed by atoms with Crippen molar-refractivity contribution >= 4 is 6.41 Å². The molecule has 0 heterocycles. The van der Waals surface area contributed by atoms with Gasteiger partial charge in [0.1, 0.15) is 0 Å². The van der Waals surface area contributed by atoms with Crippen molar-refractivity contribution < 1.29 is 4.79 Å². The number of rotatable bonds is 6. The van der Waals surface area contributed by atoms with Crippen molar-refractivity contribution in [2.45, 2.75) is 59.5 Å². The quantitative estimate of drug-likeness (QED) is 0.583. The lowest BCUT2D eigenvalue weighted by atomic mass is 10.00. The van der Waals surface area contributed by atoms with E-state index in [4.69, 9.17) is 0 Å². The van der Waals surface area contributed by atoms with Crippen LogP contribution in [0.3, 0.4) is 0 Å². The van der Waals surface area contributed by atoms with Gasteiger partial charge in [-0.05, 0) is 32.6 Å². The van der Waals surface area contributed by atoms with Crippen LogP contribution >= 0.6 is 0 Å². The highest BCUT2D eigenvalue weighted by Crippen LogP contribution is 2.15. The molecule has 0 bridgehead atoms. The van der Waals surface area contributed by atoms with E-state index in [-0.39, 0.29) is 0 Å². The summed E-state index contributed by atoms with van der Waals surface area (Å²) >= 11 is 0. The Bertz CT molecular complexity index is 143. The average molecular weight is 185 g/mol. The van der Waals surface area contributed by atoms with Gasteiger partial charge in [-0.2, -0.15) is 0 Å². The lowest BCUT2D eigenvalue weighted by Crippen LogP contribution is -2.39. The van der Waals surface area contributed by atoms with Gasteiger partial charge >= 0.3 is 0 Å². The Balaban J connectivity index is 4.25. The normalized spacial score (nSPS) is 13.5. The molecule has 0 aliphatic carbocycles. The maximum Gasteiger partial charge on any atom is 0.210 e. The summed E-state index contributed by atoms with van der Waals surface area (Å²) in [5.41, 5.74) is 0.